The van der Waals surface area contributed by atoms with E-state index in [4.69, 9.17) is 10.8 Å². The van der Waals surface area contributed by atoms with Gasteiger partial charge >= 0.3 is 5.97 Å². The van der Waals surface area contributed by atoms with Crippen molar-refractivity contribution < 1.29 is 9.90 Å². The summed E-state index contributed by atoms with van der Waals surface area (Å²) in [4.78, 5) is 15.3. The minimum absolute atomic E-state index is 0.0335. The minimum atomic E-state index is -0.864. The number of fused-ring (bicyclic) bond motifs is 3. The van der Waals surface area contributed by atoms with Gasteiger partial charge in [-0.2, -0.15) is 10.5 Å². The van der Waals surface area contributed by atoms with Crippen molar-refractivity contribution in [1.29, 1.82) is 10.5 Å². The Kier molecular flexibility index (Phi) is 4.34. The van der Waals surface area contributed by atoms with Crippen molar-refractivity contribution in [2.45, 2.75) is 12.8 Å². The van der Waals surface area contributed by atoms with Crippen molar-refractivity contribution in [1.82, 2.24) is 9.38 Å². The van der Waals surface area contributed by atoms with Gasteiger partial charge in [0.15, 0.2) is 5.65 Å². The first-order valence-electron chi connectivity index (χ1n) is 8.89. The first kappa shape index (κ1) is 18.0. The van der Waals surface area contributed by atoms with Gasteiger partial charge in [0.05, 0.1) is 11.0 Å². The fourth-order valence-corrected chi connectivity index (χ4v) is 3.51. The molecule has 2 aromatic carbocycles. The number of para-hydroxylation sites is 2. The lowest BCUT2D eigenvalue weighted by molar-refractivity contribution is -0.136. The van der Waals surface area contributed by atoms with Crippen LogP contribution >= 0.6 is 0 Å². The number of imidazole rings is 1. The molecule has 29 heavy (non-hydrogen) atoms. The average molecular weight is 381 g/mol. The van der Waals surface area contributed by atoms with Gasteiger partial charge in [0.2, 0.25) is 0 Å². The number of nitrogen functional groups attached to an aromatic ring is 1. The summed E-state index contributed by atoms with van der Waals surface area (Å²) in [7, 11) is 0. The molecule has 4 aromatic rings. The second-order valence-electron chi connectivity index (χ2n) is 6.58. The number of carboxylic acids is 1. The van der Waals surface area contributed by atoms with Crippen LogP contribution in [-0.2, 0) is 11.2 Å². The number of anilines is 1. The summed E-state index contributed by atoms with van der Waals surface area (Å²) >= 11 is 0. The number of nitrogens with two attached hydrogens (primary N) is 1. The normalized spacial score (nSPS) is 10.7. The van der Waals surface area contributed by atoms with E-state index in [0.29, 0.717) is 28.7 Å². The van der Waals surface area contributed by atoms with Crippen LogP contribution in [0.1, 0.15) is 23.1 Å². The van der Waals surface area contributed by atoms with Gasteiger partial charge in [-0.15, -0.1) is 0 Å². The van der Waals surface area contributed by atoms with Gasteiger partial charge in [0.25, 0.3) is 0 Å². The molecule has 4 rings (SSSR count). The molecule has 0 aliphatic heterocycles. The van der Waals surface area contributed by atoms with Gasteiger partial charge in [0.1, 0.15) is 29.1 Å². The van der Waals surface area contributed by atoms with Gasteiger partial charge in [0, 0.05) is 12.0 Å². The molecule has 140 valence electrons. The number of carboxylic acid groups (broad SMARTS) is 1. The molecule has 2 aromatic heterocycles. The van der Waals surface area contributed by atoms with Crippen molar-refractivity contribution in [3.8, 4) is 23.3 Å². The van der Waals surface area contributed by atoms with Crippen LogP contribution in [0.3, 0.4) is 0 Å². The lowest BCUT2D eigenvalue weighted by Crippen LogP contribution is -2.06. The van der Waals surface area contributed by atoms with Gasteiger partial charge < -0.3 is 10.8 Å². The molecule has 0 saturated heterocycles. The quantitative estimate of drug-likeness (QED) is 0.557. The topological polar surface area (TPSA) is 128 Å². The zero-order valence-electron chi connectivity index (χ0n) is 15.3. The number of rotatable bonds is 4. The van der Waals surface area contributed by atoms with Crippen LogP contribution in [0.2, 0.25) is 0 Å². The van der Waals surface area contributed by atoms with Crippen LogP contribution in [-0.4, -0.2) is 20.5 Å². The Hall–Kier alpha value is -4.36. The number of carbonyl (C=O) groups is 1. The molecule has 0 amide bonds. The molecule has 0 radical (unpaired) electrons. The smallest absolute Gasteiger partial charge is 0.303 e. The molecule has 0 saturated carbocycles. The molecular formula is C22H15N5O2. The molecule has 7 heteroatoms. The van der Waals surface area contributed by atoms with Gasteiger partial charge in [-0.3, -0.25) is 9.20 Å². The van der Waals surface area contributed by atoms with Crippen molar-refractivity contribution in [3.05, 3.63) is 65.2 Å². The van der Waals surface area contributed by atoms with E-state index in [0.717, 1.165) is 11.1 Å². The third kappa shape index (κ3) is 2.91. The lowest BCUT2D eigenvalue weighted by atomic mass is 9.95. The van der Waals surface area contributed by atoms with E-state index in [1.165, 1.54) is 0 Å². The number of benzene rings is 2. The Balaban J connectivity index is 1.97. The highest BCUT2D eigenvalue weighted by Gasteiger charge is 2.22. The summed E-state index contributed by atoms with van der Waals surface area (Å²) in [5.41, 5.74) is 10.6. The predicted molar refractivity (Wildman–Crippen MR) is 108 cm³/mol. The second kappa shape index (κ2) is 6.99. The highest BCUT2D eigenvalue weighted by atomic mass is 16.4. The highest BCUT2D eigenvalue weighted by Crippen LogP contribution is 2.35. The predicted octanol–water partition coefficient (Wildman–Crippen LogP) is 3.50. The maximum absolute atomic E-state index is 10.8. The molecule has 7 nitrogen and oxygen atoms in total. The minimum Gasteiger partial charge on any atom is -0.481 e. The third-order valence-electron chi connectivity index (χ3n) is 4.88. The standard InChI is InChI=1S/C22H15N5O2/c23-11-15-20(14-8-5-13(6-9-14)7-10-19(28)29)16(12-24)22-26-17-3-1-2-4-18(17)27(22)21(15)25/h1-6,8-9H,7,10,25H2,(H,28,29). The van der Waals surface area contributed by atoms with E-state index in [-0.39, 0.29) is 23.4 Å². The van der Waals surface area contributed by atoms with Gasteiger partial charge in [-0.25, -0.2) is 4.98 Å². The van der Waals surface area contributed by atoms with Crippen molar-refractivity contribution in [3.63, 3.8) is 0 Å². The van der Waals surface area contributed by atoms with Crippen LogP contribution in [0, 0.1) is 22.7 Å². The van der Waals surface area contributed by atoms with Crippen molar-refractivity contribution >= 4 is 28.5 Å². The Morgan fingerprint density at radius 3 is 2.41 bits per heavy atom. The molecule has 0 aliphatic carbocycles. The number of pyridine rings is 1. The maximum atomic E-state index is 10.8. The fourth-order valence-electron chi connectivity index (χ4n) is 3.51. The SMILES string of the molecule is N#Cc1c(-c2ccc(CCC(=O)O)cc2)c(C#N)c2nc3ccccc3n2c1N. The Labute approximate surface area is 165 Å². The van der Waals surface area contributed by atoms with E-state index in [1.54, 1.807) is 28.7 Å². The van der Waals surface area contributed by atoms with Gasteiger partial charge in [-0.1, -0.05) is 36.4 Å². The number of aromatic nitrogens is 2. The number of aliphatic carboxylic acids is 1. The number of nitrogens with zero attached hydrogens (tertiary/aromatic N) is 4. The first-order chi connectivity index (χ1) is 14.0. The Bertz CT molecular complexity index is 1350. The molecular weight excluding hydrogens is 366 g/mol. The van der Waals surface area contributed by atoms with Crippen molar-refractivity contribution in [2.24, 2.45) is 0 Å². The summed E-state index contributed by atoms with van der Waals surface area (Å²) in [5, 5.41) is 28.5. The lowest BCUT2D eigenvalue weighted by Gasteiger charge is -2.13. The number of aryl methyl sites for hydroxylation is 1. The largest absolute Gasteiger partial charge is 0.481 e. The molecule has 3 N–H and O–H groups in total. The number of hydrogen-bond acceptors (Lipinski definition) is 5. The van der Waals surface area contributed by atoms with Crippen LogP contribution < -0.4 is 5.73 Å². The first-order valence-corrected chi connectivity index (χ1v) is 8.89. The van der Waals surface area contributed by atoms with E-state index in [2.05, 4.69) is 17.1 Å². The van der Waals surface area contributed by atoms with Crippen molar-refractivity contribution in [2.75, 3.05) is 5.73 Å². The molecule has 0 bridgehead atoms. The van der Waals surface area contributed by atoms with Gasteiger partial charge in [-0.05, 0) is 29.7 Å². The van der Waals surface area contributed by atoms with Crippen LogP contribution in [0.4, 0.5) is 5.82 Å². The second-order valence-corrected chi connectivity index (χ2v) is 6.58. The molecule has 0 unspecified atom stereocenters. The Morgan fingerprint density at radius 1 is 1.07 bits per heavy atom. The van der Waals surface area contributed by atoms with Crippen LogP contribution in [0.25, 0.3) is 27.8 Å². The summed E-state index contributed by atoms with van der Waals surface area (Å²) < 4.78 is 1.64. The van der Waals surface area contributed by atoms with E-state index in [1.807, 2.05) is 24.3 Å². The molecule has 0 fully saturated rings. The third-order valence-corrected chi connectivity index (χ3v) is 4.88. The zero-order chi connectivity index (χ0) is 20.5. The van der Waals surface area contributed by atoms with Crippen LogP contribution in [0.15, 0.2) is 48.5 Å². The summed E-state index contributed by atoms with van der Waals surface area (Å²) in [6.07, 6.45) is 0.435. The Morgan fingerprint density at radius 2 is 1.76 bits per heavy atom. The van der Waals surface area contributed by atoms with E-state index < -0.39 is 5.97 Å². The summed E-state index contributed by atoms with van der Waals surface area (Å²) in [5.74, 6) is -0.641. The molecule has 0 aliphatic rings. The summed E-state index contributed by atoms with van der Waals surface area (Å²) in [6, 6.07) is 18.8. The number of hydrogen-bond donors (Lipinski definition) is 2. The highest BCUT2D eigenvalue weighted by molar-refractivity contribution is 5.92. The maximum Gasteiger partial charge on any atom is 0.303 e. The fraction of sp³-hybridized carbons (Fsp3) is 0.0909. The van der Waals surface area contributed by atoms with E-state index in [9.17, 15) is 15.3 Å². The monoisotopic (exact) mass is 381 g/mol. The molecule has 0 atom stereocenters. The molecule has 2 heterocycles. The summed E-state index contributed by atoms with van der Waals surface area (Å²) in [6.45, 7) is 0. The zero-order valence-corrected chi connectivity index (χ0v) is 15.3. The van der Waals surface area contributed by atoms with Crippen LogP contribution in [0.5, 0.6) is 0 Å². The molecule has 0 spiro atoms. The number of nitriles is 2. The van der Waals surface area contributed by atoms with E-state index >= 15 is 0 Å². The average Bonchev–Trinajstić information content (AvgIpc) is 3.12.